The molecule has 5 heteroatoms. The number of rotatable bonds is 4. The van der Waals surface area contributed by atoms with Gasteiger partial charge in [-0.3, -0.25) is 0 Å². The van der Waals surface area contributed by atoms with Crippen LogP contribution in [0.15, 0.2) is 0 Å². The average molecular weight is 268 g/mol. The molecule has 3 unspecified atom stereocenters. The topological polar surface area (TPSA) is 69.6 Å². The fourth-order valence-corrected chi connectivity index (χ4v) is 3.40. The van der Waals surface area contributed by atoms with Crippen LogP contribution in [0.5, 0.6) is 0 Å². The number of carboxylic acids is 1. The number of nitrogens with zero attached hydrogens (tertiary/aromatic N) is 1. The predicted molar refractivity (Wildman–Crippen MR) is 71.8 cm³/mol. The normalized spacial score (nSPS) is 29.6. The van der Waals surface area contributed by atoms with Crippen LogP contribution >= 0.6 is 0 Å². The fraction of sp³-hybridized carbons (Fsp3) is 0.857. The van der Waals surface area contributed by atoms with Crippen LogP contribution in [0.3, 0.4) is 0 Å². The molecular formula is C14H24N2O3. The van der Waals surface area contributed by atoms with Gasteiger partial charge < -0.3 is 15.3 Å². The van der Waals surface area contributed by atoms with Gasteiger partial charge in [0.15, 0.2) is 0 Å². The van der Waals surface area contributed by atoms with Gasteiger partial charge in [0.25, 0.3) is 0 Å². The van der Waals surface area contributed by atoms with Gasteiger partial charge >= 0.3 is 12.0 Å². The second-order valence-electron chi connectivity index (χ2n) is 6.20. The number of urea groups is 1. The summed E-state index contributed by atoms with van der Waals surface area (Å²) >= 11 is 0. The molecule has 1 aliphatic carbocycles. The molecule has 0 aromatic heterocycles. The van der Waals surface area contributed by atoms with Crippen molar-refractivity contribution in [1.82, 2.24) is 10.2 Å². The molecule has 0 radical (unpaired) electrons. The molecule has 2 aliphatic rings. The minimum Gasteiger partial charge on any atom is -0.480 e. The number of likely N-dealkylation sites (tertiary alicyclic amines) is 1. The Labute approximate surface area is 114 Å². The Hall–Kier alpha value is -1.26. The number of carboxylic acid groups (broad SMARTS) is 1. The highest BCUT2D eigenvalue weighted by atomic mass is 16.4. The monoisotopic (exact) mass is 268 g/mol. The number of amides is 2. The maximum absolute atomic E-state index is 12.1. The Kier molecular flexibility index (Phi) is 4.32. The molecule has 1 saturated carbocycles. The van der Waals surface area contributed by atoms with Gasteiger partial charge in [-0.25, -0.2) is 9.59 Å². The molecule has 5 nitrogen and oxygen atoms in total. The van der Waals surface area contributed by atoms with E-state index in [1.807, 2.05) is 0 Å². The first-order valence-corrected chi connectivity index (χ1v) is 7.28. The van der Waals surface area contributed by atoms with E-state index in [1.54, 1.807) is 0 Å². The first-order valence-electron chi connectivity index (χ1n) is 7.28. The van der Waals surface area contributed by atoms with Crippen molar-refractivity contribution >= 4 is 12.0 Å². The third kappa shape index (κ3) is 3.01. The zero-order valence-electron chi connectivity index (χ0n) is 11.8. The van der Waals surface area contributed by atoms with Crippen LogP contribution in [0.2, 0.25) is 0 Å². The predicted octanol–water partition coefficient (Wildman–Crippen LogP) is 1.93. The Morgan fingerprint density at radius 3 is 2.74 bits per heavy atom. The van der Waals surface area contributed by atoms with Crippen molar-refractivity contribution in [1.29, 1.82) is 0 Å². The van der Waals surface area contributed by atoms with Crippen molar-refractivity contribution in [2.75, 3.05) is 13.1 Å². The molecule has 3 atom stereocenters. The van der Waals surface area contributed by atoms with Crippen LogP contribution in [0, 0.1) is 17.8 Å². The number of hydrogen-bond donors (Lipinski definition) is 2. The molecule has 0 aromatic rings. The van der Waals surface area contributed by atoms with Gasteiger partial charge in [0.05, 0.1) is 0 Å². The van der Waals surface area contributed by atoms with Crippen LogP contribution in [-0.4, -0.2) is 41.1 Å². The van der Waals surface area contributed by atoms with Crippen LogP contribution in [-0.2, 0) is 4.79 Å². The third-order valence-electron chi connectivity index (χ3n) is 4.40. The van der Waals surface area contributed by atoms with Gasteiger partial charge in [-0.1, -0.05) is 20.3 Å². The molecule has 19 heavy (non-hydrogen) atoms. The van der Waals surface area contributed by atoms with Crippen LogP contribution in [0.4, 0.5) is 4.79 Å². The Morgan fingerprint density at radius 2 is 2.11 bits per heavy atom. The summed E-state index contributed by atoms with van der Waals surface area (Å²) in [5, 5.41) is 12.2. The van der Waals surface area contributed by atoms with Gasteiger partial charge in [0.2, 0.25) is 0 Å². The largest absolute Gasteiger partial charge is 0.480 e. The van der Waals surface area contributed by atoms with Crippen LogP contribution in [0.1, 0.15) is 39.5 Å². The SMILES string of the molecule is CC(C)CCNC(=O)N1CC2CCCC2C1C(=O)O. The van der Waals surface area contributed by atoms with Gasteiger partial charge in [0.1, 0.15) is 6.04 Å². The summed E-state index contributed by atoms with van der Waals surface area (Å²) in [4.78, 5) is 25.1. The minimum atomic E-state index is -0.853. The van der Waals surface area contributed by atoms with Crippen molar-refractivity contribution in [3.05, 3.63) is 0 Å². The van der Waals surface area contributed by atoms with Crippen molar-refractivity contribution in [2.24, 2.45) is 17.8 Å². The van der Waals surface area contributed by atoms with Crippen molar-refractivity contribution in [3.63, 3.8) is 0 Å². The molecule has 0 bridgehead atoms. The van der Waals surface area contributed by atoms with Crippen molar-refractivity contribution in [2.45, 2.75) is 45.6 Å². The Balaban J connectivity index is 1.94. The highest BCUT2D eigenvalue weighted by molar-refractivity contribution is 5.83. The number of nitrogens with one attached hydrogen (secondary N) is 1. The first kappa shape index (κ1) is 14.2. The van der Waals surface area contributed by atoms with Gasteiger partial charge in [-0.05, 0) is 37.0 Å². The maximum Gasteiger partial charge on any atom is 0.326 e. The van der Waals surface area contributed by atoms with E-state index in [4.69, 9.17) is 0 Å². The van der Waals surface area contributed by atoms with E-state index in [9.17, 15) is 14.7 Å². The highest BCUT2D eigenvalue weighted by Crippen LogP contribution is 2.42. The second-order valence-corrected chi connectivity index (χ2v) is 6.20. The minimum absolute atomic E-state index is 0.161. The molecule has 2 rings (SSSR count). The quantitative estimate of drug-likeness (QED) is 0.818. The summed E-state index contributed by atoms with van der Waals surface area (Å²) in [7, 11) is 0. The van der Waals surface area contributed by atoms with Crippen molar-refractivity contribution in [3.8, 4) is 0 Å². The van der Waals surface area contributed by atoms with E-state index >= 15 is 0 Å². The van der Waals surface area contributed by atoms with E-state index in [2.05, 4.69) is 19.2 Å². The highest BCUT2D eigenvalue weighted by Gasteiger charge is 2.49. The molecular weight excluding hydrogens is 244 g/mol. The third-order valence-corrected chi connectivity index (χ3v) is 4.40. The summed E-state index contributed by atoms with van der Waals surface area (Å²) in [5.74, 6) is 0.229. The lowest BCUT2D eigenvalue weighted by Crippen LogP contribution is -2.48. The number of hydrogen-bond acceptors (Lipinski definition) is 2. The lowest BCUT2D eigenvalue weighted by molar-refractivity contribution is -0.142. The Bertz CT molecular complexity index is 357. The Morgan fingerprint density at radius 1 is 1.37 bits per heavy atom. The molecule has 2 N–H and O–H groups in total. The number of aliphatic carboxylic acids is 1. The lowest BCUT2D eigenvalue weighted by atomic mass is 9.94. The second kappa shape index (κ2) is 5.80. The van der Waals surface area contributed by atoms with E-state index in [1.165, 1.54) is 4.90 Å². The zero-order chi connectivity index (χ0) is 14.0. The summed E-state index contributed by atoms with van der Waals surface area (Å²) in [6.45, 7) is 5.43. The standard InChI is InChI=1S/C14H24N2O3/c1-9(2)6-7-15-14(19)16-8-10-4-3-5-11(10)12(16)13(17)18/h9-12H,3-8H2,1-2H3,(H,15,19)(H,17,18). The van der Waals surface area contributed by atoms with E-state index in [-0.39, 0.29) is 11.9 Å². The van der Waals surface area contributed by atoms with Gasteiger partial charge in [-0.15, -0.1) is 0 Å². The fourth-order valence-electron chi connectivity index (χ4n) is 3.40. The molecule has 108 valence electrons. The van der Waals surface area contributed by atoms with Crippen LogP contribution in [0.25, 0.3) is 0 Å². The zero-order valence-corrected chi connectivity index (χ0v) is 11.8. The molecule has 1 heterocycles. The summed E-state index contributed by atoms with van der Waals surface area (Å²) in [5.41, 5.74) is 0. The smallest absolute Gasteiger partial charge is 0.326 e. The van der Waals surface area contributed by atoms with Crippen LogP contribution < -0.4 is 5.32 Å². The average Bonchev–Trinajstić information content (AvgIpc) is 2.86. The molecule has 2 amide bonds. The van der Waals surface area contributed by atoms with E-state index in [0.29, 0.717) is 24.9 Å². The molecule has 0 spiro atoms. The summed E-state index contributed by atoms with van der Waals surface area (Å²) in [6.07, 6.45) is 4.02. The molecule has 0 aromatic carbocycles. The molecule has 2 fully saturated rings. The number of carbonyl (C=O) groups excluding carboxylic acids is 1. The lowest BCUT2D eigenvalue weighted by Gasteiger charge is -2.24. The maximum atomic E-state index is 12.1. The summed E-state index contributed by atoms with van der Waals surface area (Å²) in [6, 6.07) is -0.825. The first-order chi connectivity index (χ1) is 9.00. The summed E-state index contributed by atoms with van der Waals surface area (Å²) < 4.78 is 0. The molecule has 1 saturated heterocycles. The van der Waals surface area contributed by atoms with E-state index in [0.717, 1.165) is 25.7 Å². The van der Waals surface area contributed by atoms with Gasteiger partial charge in [0, 0.05) is 13.1 Å². The molecule has 1 aliphatic heterocycles. The van der Waals surface area contributed by atoms with Gasteiger partial charge in [-0.2, -0.15) is 0 Å². The van der Waals surface area contributed by atoms with E-state index < -0.39 is 12.0 Å². The van der Waals surface area contributed by atoms with Crippen molar-refractivity contribution < 1.29 is 14.7 Å². The number of carbonyl (C=O) groups is 2. The number of fused-ring (bicyclic) bond motifs is 1.